The minimum absolute atomic E-state index is 0.0850. The van der Waals surface area contributed by atoms with Gasteiger partial charge in [0.05, 0.1) is 11.4 Å². The molecule has 1 aromatic rings. The van der Waals surface area contributed by atoms with Gasteiger partial charge in [-0.05, 0) is 73.8 Å². The molecule has 36 heavy (non-hydrogen) atoms. The van der Waals surface area contributed by atoms with Crippen molar-refractivity contribution in [2.24, 2.45) is 44.8 Å². The third-order valence-electron chi connectivity index (χ3n) is 10.8. The highest BCUT2D eigenvalue weighted by molar-refractivity contribution is 6.00. The van der Waals surface area contributed by atoms with E-state index in [9.17, 15) is 4.79 Å². The van der Waals surface area contributed by atoms with Crippen molar-refractivity contribution >= 4 is 17.2 Å². The molecule has 1 aromatic carbocycles. The number of ketones is 1. The molecule has 1 saturated heterocycles. The number of Topliss-reactive ketones (excluding diaryl/α,β-unsaturated/α-hetero) is 1. The summed E-state index contributed by atoms with van der Waals surface area (Å²) >= 11 is 0. The summed E-state index contributed by atoms with van der Waals surface area (Å²) in [4.78, 5) is 24.6. The average Bonchev–Trinajstić information content (AvgIpc) is 3.51. The van der Waals surface area contributed by atoms with Crippen LogP contribution >= 0.6 is 0 Å². The van der Waals surface area contributed by atoms with Gasteiger partial charge in [-0.2, -0.15) is 0 Å². The van der Waals surface area contributed by atoms with Crippen molar-refractivity contribution < 1.29 is 14.5 Å². The molecule has 194 valence electrons. The quantitative estimate of drug-likeness (QED) is 0.577. The van der Waals surface area contributed by atoms with E-state index in [0.29, 0.717) is 23.5 Å². The molecule has 6 rings (SSSR count). The maximum Gasteiger partial charge on any atom is 0.141 e. The summed E-state index contributed by atoms with van der Waals surface area (Å²) in [6, 6.07) is 10.8. The minimum Gasteiger partial charge on any atom is -0.399 e. The van der Waals surface area contributed by atoms with Gasteiger partial charge in [-0.3, -0.25) is 4.79 Å². The molecule has 0 radical (unpaired) electrons. The maximum atomic E-state index is 12.9. The predicted octanol–water partition coefficient (Wildman–Crippen LogP) is 5.34. The van der Waals surface area contributed by atoms with Gasteiger partial charge >= 0.3 is 0 Å². The average molecular weight is 492 g/mol. The maximum absolute atomic E-state index is 12.9. The van der Waals surface area contributed by atoms with Crippen LogP contribution in [0.1, 0.15) is 76.7 Å². The van der Waals surface area contributed by atoms with Crippen LogP contribution in [0.3, 0.4) is 0 Å². The minimum atomic E-state index is -0.147. The van der Waals surface area contributed by atoms with Gasteiger partial charge in [0, 0.05) is 36.6 Å². The van der Waals surface area contributed by atoms with Crippen LogP contribution in [0.2, 0.25) is 0 Å². The number of benzene rings is 1. The molecule has 1 heterocycles. The molecule has 1 N–H and O–H groups in total. The van der Waals surface area contributed by atoms with Gasteiger partial charge in [0.1, 0.15) is 19.0 Å². The fraction of sp³-hybridized carbons (Fsp3) is 0.700. The zero-order chi connectivity index (χ0) is 24.9. The molecular formula is C30H41N3O3. The Morgan fingerprint density at radius 1 is 0.972 bits per heavy atom. The molecule has 0 amide bonds. The number of carbonyl (C=O) groups is 1. The second-order valence-corrected chi connectivity index (χ2v) is 12.4. The molecule has 5 aliphatic rings. The topological polar surface area (TPSA) is 72.3 Å². The van der Waals surface area contributed by atoms with E-state index in [0.717, 1.165) is 75.9 Å². The molecule has 6 heteroatoms. The molecule has 1 aliphatic heterocycles. The number of nitrogens with one attached hydrogen (secondary N) is 1. The highest BCUT2D eigenvalue weighted by Crippen LogP contribution is 2.66. The molecule has 8 unspecified atom stereocenters. The Morgan fingerprint density at radius 2 is 1.81 bits per heavy atom. The van der Waals surface area contributed by atoms with E-state index in [2.05, 4.69) is 49.5 Å². The Kier molecular flexibility index (Phi) is 6.22. The Hall–Kier alpha value is -2.21. The first-order valence-electron chi connectivity index (χ1n) is 14.1. The van der Waals surface area contributed by atoms with Crippen molar-refractivity contribution in [3.8, 4) is 0 Å². The first-order chi connectivity index (χ1) is 17.5. The first kappa shape index (κ1) is 24.1. The number of carbonyl (C=O) groups excluding carboxylic acids is 1. The highest BCUT2D eigenvalue weighted by atomic mass is 16.6. The third-order valence-corrected chi connectivity index (χ3v) is 10.8. The number of hydrogen-bond acceptors (Lipinski definition) is 6. The summed E-state index contributed by atoms with van der Waals surface area (Å²) < 4.78 is 0. The normalized spacial score (nSPS) is 44.2. The van der Waals surface area contributed by atoms with Crippen LogP contribution < -0.4 is 5.32 Å². The van der Waals surface area contributed by atoms with Crippen LogP contribution in [0.15, 0.2) is 40.6 Å². The zero-order valence-corrected chi connectivity index (χ0v) is 22.0. The van der Waals surface area contributed by atoms with Gasteiger partial charge in [0.2, 0.25) is 0 Å². The van der Waals surface area contributed by atoms with Crippen LogP contribution in [-0.4, -0.2) is 43.5 Å². The van der Waals surface area contributed by atoms with Gasteiger partial charge in [-0.15, -0.1) is 0 Å². The summed E-state index contributed by atoms with van der Waals surface area (Å²) in [5.74, 6) is 2.40. The van der Waals surface area contributed by atoms with E-state index in [-0.39, 0.29) is 28.8 Å². The van der Waals surface area contributed by atoms with Crippen LogP contribution in [0.4, 0.5) is 0 Å². The van der Waals surface area contributed by atoms with Crippen molar-refractivity contribution in [1.29, 1.82) is 0 Å². The molecule has 8 atom stereocenters. The van der Waals surface area contributed by atoms with Crippen molar-refractivity contribution in [3.05, 3.63) is 35.9 Å². The van der Waals surface area contributed by atoms with Crippen molar-refractivity contribution in [2.45, 2.75) is 77.2 Å². The van der Waals surface area contributed by atoms with Crippen LogP contribution in [0, 0.1) is 34.5 Å². The number of fused-ring (bicyclic) bond motifs is 5. The van der Waals surface area contributed by atoms with Gasteiger partial charge in [-0.25, -0.2) is 0 Å². The highest BCUT2D eigenvalue weighted by Gasteiger charge is 2.63. The van der Waals surface area contributed by atoms with E-state index in [4.69, 9.17) is 20.0 Å². The van der Waals surface area contributed by atoms with Crippen molar-refractivity contribution in [2.75, 3.05) is 20.2 Å². The largest absolute Gasteiger partial charge is 0.399 e. The van der Waals surface area contributed by atoms with Gasteiger partial charge in [-0.1, -0.05) is 54.5 Å². The summed E-state index contributed by atoms with van der Waals surface area (Å²) in [6.45, 7) is 6.62. The van der Waals surface area contributed by atoms with E-state index in [1.54, 1.807) is 7.11 Å². The zero-order valence-electron chi connectivity index (χ0n) is 22.0. The number of oxime groups is 2. The molecule has 4 aliphatic carbocycles. The molecule has 6 nitrogen and oxygen atoms in total. The predicted molar refractivity (Wildman–Crippen MR) is 141 cm³/mol. The number of nitrogens with zero attached hydrogens (tertiary/aromatic N) is 2. The molecule has 0 bridgehead atoms. The van der Waals surface area contributed by atoms with Crippen molar-refractivity contribution in [3.63, 3.8) is 0 Å². The second-order valence-electron chi connectivity index (χ2n) is 12.4. The summed E-state index contributed by atoms with van der Waals surface area (Å²) in [5, 5.41) is 13.0. The lowest BCUT2D eigenvalue weighted by atomic mass is 9.43. The molecule has 4 saturated carbocycles. The SMILES string of the molecule is CO/N=C1\CC2C3CCC(=O)C3(C)CCC2C2(C)CC/C(=N\OC3CCNC3)C(c3ccccc3)C12. The Labute approximate surface area is 215 Å². The summed E-state index contributed by atoms with van der Waals surface area (Å²) in [5.41, 5.74) is 3.54. The van der Waals surface area contributed by atoms with Crippen LogP contribution in [0.25, 0.3) is 0 Å². The third kappa shape index (κ3) is 3.74. The smallest absolute Gasteiger partial charge is 0.141 e. The first-order valence-corrected chi connectivity index (χ1v) is 14.1. The lowest BCUT2D eigenvalue weighted by Gasteiger charge is -2.61. The van der Waals surface area contributed by atoms with E-state index >= 15 is 0 Å². The van der Waals surface area contributed by atoms with Crippen molar-refractivity contribution in [1.82, 2.24) is 5.32 Å². The van der Waals surface area contributed by atoms with Crippen LogP contribution in [0.5, 0.6) is 0 Å². The number of rotatable bonds is 4. The Balaban J connectivity index is 1.41. The fourth-order valence-corrected chi connectivity index (χ4v) is 9.02. The second kappa shape index (κ2) is 9.27. The van der Waals surface area contributed by atoms with Gasteiger partial charge in [0.15, 0.2) is 0 Å². The summed E-state index contributed by atoms with van der Waals surface area (Å²) in [6.07, 6.45) is 8.06. The Morgan fingerprint density at radius 3 is 2.56 bits per heavy atom. The number of hydrogen-bond donors (Lipinski definition) is 1. The standard InChI is InChI=1S/C30H41N3O3/c1-29-14-11-23-21(22(29)9-10-26(29)34)17-25(32-35-3)28-27(19-7-5-4-6-8-19)24(12-15-30(23,28)2)33-36-20-13-16-31-18-20/h4-8,20-23,27-28,31H,9-18H2,1-3H3/b32-25+,33-24+. The van der Waals surface area contributed by atoms with Crippen LogP contribution in [-0.2, 0) is 14.5 Å². The Bertz CT molecular complexity index is 1050. The molecular weight excluding hydrogens is 450 g/mol. The molecule has 5 fully saturated rings. The fourth-order valence-electron chi connectivity index (χ4n) is 9.02. The lowest BCUT2D eigenvalue weighted by molar-refractivity contribution is -0.133. The van der Waals surface area contributed by atoms with E-state index in [1.165, 1.54) is 5.56 Å². The monoisotopic (exact) mass is 491 g/mol. The van der Waals surface area contributed by atoms with Gasteiger partial charge < -0.3 is 15.0 Å². The lowest BCUT2D eigenvalue weighted by Crippen LogP contribution is -2.58. The summed E-state index contributed by atoms with van der Waals surface area (Å²) in [7, 11) is 1.67. The molecule has 0 aromatic heterocycles. The van der Waals surface area contributed by atoms with E-state index in [1.807, 2.05) is 0 Å². The van der Waals surface area contributed by atoms with Gasteiger partial charge in [0.25, 0.3) is 0 Å². The van der Waals surface area contributed by atoms with E-state index < -0.39 is 0 Å². The molecule has 0 spiro atoms.